The van der Waals surface area contributed by atoms with Crippen molar-refractivity contribution in [1.29, 1.82) is 0 Å². The van der Waals surface area contributed by atoms with Crippen LogP contribution in [0.15, 0.2) is 179 Å². The molecule has 0 N–H and O–H groups in total. The summed E-state index contributed by atoms with van der Waals surface area (Å²) in [4.78, 5) is 7.15. The second-order valence-corrected chi connectivity index (χ2v) is 14.8. The summed E-state index contributed by atoms with van der Waals surface area (Å²) in [6, 6.07) is 60.4. The SMILES string of the molecule is CC1(C)c2ccccc2-c2cc(N(c3ccc(-c4cccc5ccccc45)cc3)c3ccc4oc5cc6nc(-c7ccccc7)oc6cc5c4c3)ccc21. The summed E-state index contributed by atoms with van der Waals surface area (Å²) in [5.41, 5.74) is 14.9. The summed E-state index contributed by atoms with van der Waals surface area (Å²) in [6.07, 6.45) is 0. The minimum Gasteiger partial charge on any atom is -0.456 e. The van der Waals surface area contributed by atoms with Crippen LogP contribution in [-0.2, 0) is 5.41 Å². The van der Waals surface area contributed by atoms with Gasteiger partial charge in [0.2, 0.25) is 5.89 Å². The predicted molar refractivity (Wildman–Crippen MR) is 222 cm³/mol. The number of rotatable bonds is 5. The van der Waals surface area contributed by atoms with Gasteiger partial charge in [0.15, 0.2) is 5.58 Å². The zero-order chi connectivity index (χ0) is 36.0. The number of benzene rings is 8. The fourth-order valence-corrected chi connectivity index (χ4v) is 8.59. The molecule has 10 aromatic rings. The first-order chi connectivity index (χ1) is 26.5. The standard InChI is InChI=1S/C50H34N2O2/c1-50(2)43-18-9-8-16-39(43)40-27-35(23-25-44(40)50)52(34-21-19-32(20-22-34)38-17-10-14-31-11-6-7-15-37(31)38)36-24-26-46-41(28-36)42-29-48-45(30-47(42)53-46)51-49(54-48)33-12-4-3-5-13-33/h3-30H,1-2H3. The molecule has 2 heterocycles. The highest BCUT2D eigenvalue weighted by molar-refractivity contribution is 6.10. The Kier molecular flexibility index (Phi) is 6.56. The molecule has 8 aromatic carbocycles. The maximum Gasteiger partial charge on any atom is 0.227 e. The molecule has 0 fully saturated rings. The molecule has 0 atom stereocenters. The molecular weight excluding hydrogens is 661 g/mol. The predicted octanol–water partition coefficient (Wildman–Crippen LogP) is 14.0. The molecule has 2 aromatic heterocycles. The first-order valence-electron chi connectivity index (χ1n) is 18.4. The van der Waals surface area contributed by atoms with Crippen LogP contribution in [0.4, 0.5) is 17.1 Å². The Morgan fingerprint density at radius 1 is 0.444 bits per heavy atom. The Labute approximate surface area is 312 Å². The van der Waals surface area contributed by atoms with Crippen LogP contribution in [0.1, 0.15) is 25.0 Å². The van der Waals surface area contributed by atoms with Crippen LogP contribution in [0.2, 0.25) is 0 Å². The quantitative estimate of drug-likeness (QED) is 0.180. The van der Waals surface area contributed by atoms with Crippen molar-refractivity contribution in [2.24, 2.45) is 0 Å². The lowest BCUT2D eigenvalue weighted by Crippen LogP contribution is -2.15. The topological polar surface area (TPSA) is 42.4 Å². The molecule has 0 radical (unpaired) electrons. The number of nitrogens with zero attached hydrogens (tertiary/aromatic N) is 2. The van der Waals surface area contributed by atoms with Crippen LogP contribution in [0.3, 0.4) is 0 Å². The van der Waals surface area contributed by atoms with Crippen molar-refractivity contribution in [1.82, 2.24) is 4.98 Å². The van der Waals surface area contributed by atoms with Gasteiger partial charge in [-0.15, -0.1) is 0 Å². The third-order valence-electron chi connectivity index (χ3n) is 11.3. The van der Waals surface area contributed by atoms with Gasteiger partial charge in [0.1, 0.15) is 16.7 Å². The van der Waals surface area contributed by atoms with Crippen molar-refractivity contribution in [3.8, 4) is 33.7 Å². The fraction of sp³-hybridized carbons (Fsp3) is 0.0600. The number of oxazole rings is 1. The van der Waals surface area contributed by atoms with Gasteiger partial charge in [0.25, 0.3) is 0 Å². The molecule has 0 bridgehead atoms. The summed E-state index contributed by atoms with van der Waals surface area (Å²) in [5, 5.41) is 4.50. The summed E-state index contributed by atoms with van der Waals surface area (Å²) >= 11 is 0. The van der Waals surface area contributed by atoms with Crippen LogP contribution in [0, 0.1) is 0 Å². The van der Waals surface area contributed by atoms with Gasteiger partial charge < -0.3 is 13.7 Å². The maximum atomic E-state index is 6.44. The molecule has 4 heteroatoms. The molecule has 0 amide bonds. The fourth-order valence-electron chi connectivity index (χ4n) is 8.59. The number of furan rings is 1. The number of hydrogen-bond donors (Lipinski definition) is 0. The van der Waals surface area contributed by atoms with E-state index in [0.717, 1.165) is 55.7 Å². The van der Waals surface area contributed by atoms with Crippen LogP contribution in [0.5, 0.6) is 0 Å². The van der Waals surface area contributed by atoms with Gasteiger partial charge in [-0.05, 0) is 105 Å². The van der Waals surface area contributed by atoms with Gasteiger partial charge in [-0.3, -0.25) is 0 Å². The van der Waals surface area contributed by atoms with Crippen molar-refractivity contribution in [2.75, 3.05) is 4.90 Å². The van der Waals surface area contributed by atoms with Crippen molar-refractivity contribution >= 4 is 60.9 Å². The van der Waals surface area contributed by atoms with Crippen molar-refractivity contribution < 1.29 is 8.83 Å². The van der Waals surface area contributed by atoms with Crippen LogP contribution in [0.25, 0.3) is 77.5 Å². The zero-order valence-electron chi connectivity index (χ0n) is 29.9. The highest BCUT2D eigenvalue weighted by atomic mass is 16.4. The third kappa shape index (κ3) is 4.66. The normalized spacial score (nSPS) is 13.1. The Hall–Kier alpha value is -6.91. The minimum atomic E-state index is -0.0730. The van der Waals surface area contributed by atoms with Crippen molar-refractivity contribution in [3.05, 3.63) is 181 Å². The van der Waals surface area contributed by atoms with Gasteiger partial charge in [-0.25, -0.2) is 4.98 Å². The highest BCUT2D eigenvalue weighted by Gasteiger charge is 2.35. The molecule has 256 valence electrons. The zero-order valence-corrected chi connectivity index (χ0v) is 29.9. The smallest absolute Gasteiger partial charge is 0.227 e. The van der Waals surface area contributed by atoms with Crippen LogP contribution >= 0.6 is 0 Å². The number of aromatic nitrogens is 1. The summed E-state index contributed by atoms with van der Waals surface area (Å²) < 4.78 is 12.7. The molecule has 0 saturated heterocycles. The lowest BCUT2D eigenvalue weighted by atomic mass is 9.82. The molecule has 1 aliphatic carbocycles. The Morgan fingerprint density at radius 3 is 2.02 bits per heavy atom. The molecule has 0 saturated carbocycles. The van der Waals surface area contributed by atoms with Gasteiger partial charge in [-0.1, -0.05) is 117 Å². The summed E-state index contributed by atoms with van der Waals surface area (Å²) in [6.45, 7) is 4.65. The van der Waals surface area contributed by atoms with Gasteiger partial charge >= 0.3 is 0 Å². The second kappa shape index (κ2) is 11.5. The van der Waals surface area contributed by atoms with Crippen LogP contribution in [-0.4, -0.2) is 4.98 Å². The van der Waals surface area contributed by atoms with Gasteiger partial charge in [0, 0.05) is 44.9 Å². The molecular formula is C50H34N2O2. The lowest BCUT2D eigenvalue weighted by Gasteiger charge is -2.27. The van der Waals surface area contributed by atoms with E-state index in [4.69, 9.17) is 13.8 Å². The first kappa shape index (κ1) is 30.7. The highest BCUT2D eigenvalue weighted by Crippen LogP contribution is 2.51. The summed E-state index contributed by atoms with van der Waals surface area (Å²) in [5.74, 6) is 0.600. The monoisotopic (exact) mass is 694 g/mol. The molecule has 1 aliphatic rings. The average Bonchev–Trinajstić information content (AvgIpc) is 3.87. The van der Waals surface area contributed by atoms with Gasteiger partial charge in [0.05, 0.1) is 0 Å². The lowest BCUT2D eigenvalue weighted by molar-refractivity contribution is 0.620. The van der Waals surface area contributed by atoms with E-state index in [2.05, 4.69) is 152 Å². The molecule has 0 spiro atoms. The largest absolute Gasteiger partial charge is 0.456 e. The maximum absolute atomic E-state index is 6.44. The number of anilines is 3. The number of fused-ring (bicyclic) bond motifs is 8. The van der Waals surface area contributed by atoms with E-state index >= 15 is 0 Å². The van der Waals surface area contributed by atoms with E-state index in [1.807, 2.05) is 36.4 Å². The number of hydrogen-bond acceptors (Lipinski definition) is 4. The van der Waals surface area contributed by atoms with E-state index in [9.17, 15) is 0 Å². The Bertz CT molecular complexity index is 3070. The molecule has 54 heavy (non-hydrogen) atoms. The third-order valence-corrected chi connectivity index (χ3v) is 11.3. The second-order valence-electron chi connectivity index (χ2n) is 14.8. The summed E-state index contributed by atoms with van der Waals surface area (Å²) in [7, 11) is 0. The van der Waals surface area contributed by atoms with Crippen LogP contribution < -0.4 is 4.90 Å². The van der Waals surface area contributed by atoms with Gasteiger partial charge in [-0.2, -0.15) is 0 Å². The average molecular weight is 695 g/mol. The van der Waals surface area contributed by atoms with E-state index in [-0.39, 0.29) is 5.41 Å². The molecule has 11 rings (SSSR count). The minimum absolute atomic E-state index is 0.0730. The Balaban J connectivity index is 1.08. The van der Waals surface area contributed by atoms with E-state index in [1.165, 1.54) is 44.2 Å². The van der Waals surface area contributed by atoms with E-state index in [0.29, 0.717) is 5.89 Å². The molecule has 4 nitrogen and oxygen atoms in total. The van der Waals surface area contributed by atoms with Crippen molar-refractivity contribution in [3.63, 3.8) is 0 Å². The van der Waals surface area contributed by atoms with E-state index < -0.39 is 0 Å². The van der Waals surface area contributed by atoms with E-state index in [1.54, 1.807) is 0 Å². The molecule has 0 aliphatic heterocycles. The van der Waals surface area contributed by atoms with Crippen molar-refractivity contribution in [2.45, 2.75) is 19.3 Å². The Morgan fingerprint density at radius 2 is 1.13 bits per heavy atom. The molecule has 0 unspecified atom stereocenters. The first-order valence-corrected chi connectivity index (χ1v) is 18.4.